The van der Waals surface area contributed by atoms with Gasteiger partial charge in [-0.2, -0.15) is 0 Å². The molecule has 3 aromatic carbocycles. The van der Waals surface area contributed by atoms with E-state index in [0.29, 0.717) is 27.4 Å². The Morgan fingerprint density at radius 2 is 1.76 bits per heavy atom. The third-order valence-electron chi connectivity index (χ3n) is 5.21. The van der Waals surface area contributed by atoms with Crippen molar-refractivity contribution in [1.29, 1.82) is 0 Å². The molecule has 0 saturated heterocycles. The van der Waals surface area contributed by atoms with Crippen LogP contribution in [0.1, 0.15) is 11.1 Å². The molecule has 164 valence electrons. The van der Waals surface area contributed by atoms with E-state index in [1.807, 2.05) is 80.6 Å². The van der Waals surface area contributed by atoms with Crippen molar-refractivity contribution in [2.45, 2.75) is 30.3 Å². The molecule has 5 aromatic rings. The van der Waals surface area contributed by atoms with Crippen LogP contribution in [0, 0.1) is 13.8 Å². The molecule has 5 rings (SSSR count). The molecule has 2 heterocycles. The Balaban J connectivity index is 1.56. The lowest BCUT2D eigenvalue weighted by atomic mass is 10.2. The van der Waals surface area contributed by atoms with E-state index in [9.17, 15) is 9.59 Å². The maximum absolute atomic E-state index is 13.3. The molecular formula is C25H21N5O2S. The third kappa shape index (κ3) is 4.25. The highest BCUT2D eigenvalue weighted by molar-refractivity contribution is 7.99. The Kier molecular flexibility index (Phi) is 5.43. The summed E-state index contributed by atoms with van der Waals surface area (Å²) in [5, 5.41) is 7.92. The Hall–Kier alpha value is -3.91. The number of aryl methyl sites for hydroxylation is 2. The molecule has 7 nitrogen and oxygen atoms in total. The lowest BCUT2D eigenvalue weighted by Gasteiger charge is -2.06. The normalized spacial score (nSPS) is 11.2. The fourth-order valence-corrected chi connectivity index (χ4v) is 4.59. The summed E-state index contributed by atoms with van der Waals surface area (Å²) in [5.74, 6) is -0.325. The second-order valence-corrected chi connectivity index (χ2v) is 8.90. The smallest absolute Gasteiger partial charge is 0.324 e. The van der Waals surface area contributed by atoms with Gasteiger partial charge in [-0.25, -0.2) is 18.9 Å². The number of carbonyl (C=O) groups is 1. The van der Waals surface area contributed by atoms with E-state index in [4.69, 9.17) is 4.98 Å². The minimum absolute atomic E-state index is 0.197. The van der Waals surface area contributed by atoms with Gasteiger partial charge >= 0.3 is 5.69 Å². The van der Waals surface area contributed by atoms with Gasteiger partial charge in [0.05, 0.1) is 11.0 Å². The molecule has 2 aromatic heterocycles. The Labute approximate surface area is 194 Å². The Bertz CT molecular complexity index is 1550. The number of amides is 1. The summed E-state index contributed by atoms with van der Waals surface area (Å²) in [6, 6.07) is 23.0. The van der Waals surface area contributed by atoms with Gasteiger partial charge in [-0.15, -0.1) is 5.10 Å². The number of hydrogen-bond donors (Lipinski definition) is 1. The zero-order valence-corrected chi connectivity index (χ0v) is 19.0. The predicted octanol–water partition coefficient (Wildman–Crippen LogP) is 4.45. The molecule has 0 saturated carbocycles. The maximum atomic E-state index is 13.3. The van der Waals surface area contributed by atoms with Crippen molar-refractivity contribution in [2.24, 2.45) is 0 Å². The summed E-state index contributed by atoms with van der Waals surface area (Å²) in [4.78, 5) is 31.7. The molecule has 0 unspecified atom stereocenters. The van der Waals surface area contributed by atoms with Gasteiger partial charge in [0.1, 0.15) is 11.6 Å². The SMILES string of the molecule is Cc1ccc(NC(=O)Cn2nc3c(Sc4cccc(C)c4)nc4ccccc4n3c2=O)cc1. The second kappa shape index (κ2) is 8.55. The van der Waals surface area contributed by atoms with Gasteiger partial charge in [0.15, 0.2) is 5.65 Å². The van der Waals surface area contributed by atoms with E-state index < -0.39 is 0 Å². The molecule has 0 atom stereocenters. The van der Waals surface area contributed by atoms with Gasteiger partial charge in [0.2, 0.25) is 5.91 Å². The largest absolute Gasteiger partial charge is 0.351 e. The zero-order chi connectivity index (χ0) is 22.9. The van der Waals surface area contributed by atoms with Gasteiger partial charge in [-0.3, -0.25) is 4.79 Å². The molecule has 1 N–H and O–H groups in total. The number of fused-ring (bicyclic) bond motifs is 3. The topological polar surface area (TPSA) is 81.3 Å². The number of aromatic nitrogens is 4. The number of nitrogens with zero attached hydrogens (tertiary/aromatic N) is 4. The van der Waals surface area contributed by atoms with Gasteiger partial charge < -0.3 is 5.32 Å². The van der Waals surface area contributed by atoms with Crippen LogP contribution in [0.25, 0.3) is 16.7 Å². The molecule has 0 aliphatic heterocycles. The molecule has 0 bridgehead atoms. The molecule has 0 aliphatic carbocycles. The summed E-state index contributed by atoms with van der Waals surface area (Å²) >= 11 is 1.44. The van der Waals surface area contributed by atoms with Crippen molar-refractivity contribution < 1.29 is 4.79 Å². The van der Waals surface area contributed by atoms with Gasteiger partial charge in [0.25, 0.3) is 0 Å². The van der Waals surface area contributed by atoms with Crippen LogP contribution >= 0.6 is 11.8 Å². The predicted molar refractivity (Wildman–Crippen MR) is 130 cm³/mol. The van der Waals surface area contributed by atoms with Crippen LogP contribution < -0.4 is 11.0 Å². The summed E-state index contributed by atoms with van der Waals surface area (Å²) < 4.78 is 2.72. The highest BCUT2D eigenvalue weighted by Gasteiger charge is 2.18. The molecular weight excluding hydrogens is 434 g/mol. The second-order valence-electron chi connectivity index (χ2n) is 7.84. The van der Waals surface area contributed by atoms with E-state index in [1.165, 1.54) is 20.8 Å². The first-order valence-corrected chi connectivity index (χ1v) is 11.3. The van der Waals surface area contributed by atoms with E-state index >= 15 is 0 Å². The Morgan fingerprint density at radius 3 is 2.55 bits per heavy atom. The van der Waals surface area contributed by atoms with Crippen molar-refractivity contribution in [3.8, 4) is 0 Å². The summed E-state index contributed by atoms with van der Waals surface area (Å²) in [7, 11) is 0. The van der Waals surface area contributed by atoms with Crippen molar-refractivity contribution in [1.82, 2.24) is 19.2 Å². The maximum Gasteiger partial charge on any atom is 0.351 e. The first-order valence-electron chi connectivity index (χ1n) is 10.5. The quantitative estimate of drug-likeness (QED) is 0.423. The summed E-state index contributed by atoms with van der Waals surface area (Å²) in [6.07, 6.45) is 0. The van der Waals surface area contributed by atoms with Crippen LogP contribution in [0.4, 0.5) is 5.69 Å². The molecule has 0 spiro atoms. The highest BCUT2D eigenvalue weighted by Crippen LogP contribution is 2.30. The standard InChI is InChI=1S/C25H21N5O2S/c1-16-10-12-18(13-11-16)26-22(31)15-29-25(32)30-21-9-4-3-8-20(21)27-24(23(30)28-29)33-19-7-5-6-17(2)14-19/h3-14H,15H2,1-2H3,(H,26,31). The first-order chi connectivity index (χ1) is 16.0. The minimum atomic E-state index is -0.381. The number of benzene rings is 3. The molecule has 0 radical (unpaired) electrons. The highest BCUT2D eigenvalue weighted by atomic mass is 32.2. The number of nitrogens with one attached hydrogen (secondary N) is 1. The summed E-state index contributed by atoms with van der Waals surface area (Å²) in [6.45, 7) is 3.81. The van der Waals surface area contributed by atoms with Crippen LogP contribution in [0.3, 0.4) is 0 Å². The monoisotopic (exact) mass is 455 g/mol. The number of carbonyl (C=O) groups excluding carboxylic acids is 1. The number of hydrogen-bond acceptors (Lipinski definition) is 5. The van der Waals surface area contributed by atoms with Crippen molar-refractivity contribution in [2.75, 3.05) is 5.32 Å². The van der Waals surface area contributed by atoms with E-state index in [-0.39, 0.29) is 18.1 Å². The van der Waals surface area contributed by atoms with Crippen LogP contribution in [0.5, 0.6) is 0 Å². The van der Waals surface area contributed by atoms with Gasteiger partial charge in [-0.05, 0) is 50.2 Å². The summed E-state index contributed by atoms with van der Waals surface area (Å²) in [5.41, 5.74) is 4.28. The van der Waals surface area contributed by atoms with Gasteiger partial charge in [-0.1, -0.05) is 59.3 Å². The van der Waals surface area contributed by atoms with Gasteiger partial charge in [0, 0.05) is 10.6 Å². The lowest BCUT2D eigenvalue weighted by Crippen LogP contribution is -2.28. The first kappa shape index (κ1) is 21.0. The van der Waals surface area contributed by atoms with E-state index in [1.54, 1.807) is 0 Å². The van der Waals surface area contributed by atoms with Crippen LogP contribution in [-0.4, -0.2) is 25.1 Å². The van der Waals surface area contributed by atoms with E-state index in [0.717, 1.165) is 16.0 Å². The lowest BCUT2D eigenvalue weighted by molar-refractivity contribution is -0.117. The van der Waals surface area contributed by atoms with Crippen LogP contribution in [-0.2, 0) is 11.3 Å². The van der Waals surface area contributed by atoms with Crippen LogP contribution in [0.15, 0.2) is 87.5 Å². The van der Waals surface area contributed by atoms with Crippen molar-refractivity contribution >= 4 is 40.0 Å². The molecule has 8 heteroatoms. The molecule has 0 aliphatic rings. The fourth-order valence-electron chi connectivity index (χ4n) is 3.61. The number of para-hydroxylation sites is 2. The third-order valence-corrected chi connectivity index (χ3v) is 6.16. The number of anilines is 1. The zero-order valence-electron chi connectivity index (χ0n) is 18.1. The van der Waals surface area contributed by atoms with Crippen molar-refractivity contribution in [3.05, 3.63) is 94.4 Å². The fraction of sp³-hybridized carbons (Fsp3) is 0.120. The van der Waals surface area contributed by atoms with Crippen LogP contribution in [0.2, 0.25) is 0 Å². The average molecular weight is 456 g/mol. The van der Waals surface area contributed by atoms with Crippen molar-refractivity contribution in [3.63, 3.8) is 0 Å². The number of rotatable bonds is 5. The Morgan fingerprint density at radius 1 is 0.970 bits per heavy atom. The molecule has 0 fully saturated rings. The molecule has 33 heavy (non-hydrogen) atoms. The van der Waals surface area contributed by atoms with E-state index in [2.05, 4.69) is 16.5 Å². The molecule has 1 amide bonds. The average Bonchev–Trinajstić information content (AvgIpc) is 3.12. The minimum Gasteiger partial charge on any atom is -0.324 e.